The Kier molecular flexibility index (Phi) is 5.70. The molecule has 6 nitrogen and oxygen atoms in total. The maximum atomic E-state index is 13.2. The van der Waals surface area contributed by atoms with E-state index in [-0.39, 0.29) is 22.0 Å². The van der Waals surface area contributed by atoms with Gasteiger partial charge in [-0.1, -0.05) is 0 Å². The Balaban J connectivity index is 2.01. The summed E-state index contributed by atoms with van der Waals surface area (Å²) in [5, 5.41) is 0. The number of piperidine rings is 1. The van der Waals surface area contributed by atoms with Crippen molar-refractivity contribution in [1.29, 1.82) is 0 Å². The number of amidine groups is 1. The fourth-order valence-electron chi connectivity index (χ4n) is 2.41. The molecule has 1 amide bonds. The zero-order valence-electron chi connectivity index (χ0n) is 12.6. The fraction of sp³-hybridized carbons (Fsp3) is 0.400. The van der Waals surface area contributed by atoms with Gasteiger partial charge >= 0.3 is 6.09 Å². The first-order valence-corrected chi connectivity index (χ1v) is 7.88. The molecule has 1 heterocycles. The molecular weight excluding hydrogens is 369 g/mol. The molecule has 0 saturated carbocycles. The molecule has 0 bridgehead atoms. The van der Waals surface area contributed by atoms with Gasteiger partial charge in [0.15, 0.2) is 5.84 Å². The van der Waals surface area contributed by atoms with Crippen LogP contribution in [0.5, 0.6) is 0 Å². The lowest BCUT2D eigenvalue weighted by molar-refractivity contribution is -0.117. The fourth-order valence-corrected chi connectivity index (χ4v) is 2.78. The third kappa shape index (κ3) is 4.28. The number of ketones is 1. The monoisotopic (exact) mass is 385 g/mol. The first kappa shape index (κ1) is 17.4. The van der Waals surface area contributed by atoms with E-state index in [9.17, 15) is 14.0 Å². The summed E-state index contributed by atoms with van der Waals surface area (Å²) in [6, 6.07) is 4.14. The lowest BCUT2D eigenvalue weighted by atomic mass is 9.92. The Hall–Kier alpha value is -1.96. The van der Waals surface area contributed by atoms with Gasteiger partial charge in [0.2, 0.25) is 5.78 Å². The molecule has 1 saturated heterocycles. The SMILES string of the molecule is COC(=O)N1CCC(C(=O)C(N)=Nc2ccc(F)c(Br)c2)CC1. The van der Waals surface area contributed by atoms with Gasteiger partial charge in [0.05, 0.1) is 17.3 Å². The van der Waals surface area contributed by atoms with E-state index in [1.54, 1.807) is 4.90 Å². The molecule has 1 fully saturated rings. The van der Waals surface area contributed by atoms with Crippen LogP contribution >= 0.6 is 15.9 Å². The zero-order chi connectivity index (χ0) is 17.0. The molecule has 0 aromatic heterocycles. The highest BCUT2D eigenvalue weighted by Gasteiger charge is 2.29. The third-order valence-electron chi connectivity index (χ3n) is 3.70. The van der Waals surface area contributed by atoms with Gasteiger partial charge in [-0.05, 0) is 47.0 Å². The van der Waals surface area contributed by atoms with Crippen molar-refractivity contribution in [3.05, 3.63) is 28.5 Å². The van der Waals surface area contributed by atoms with Crippen LogP contribution in [0.2, 0.25) is 0 Å². The Morgan fingerprint density at radius 3 is 2.61 bits per heavy atom. The molecule has 1 aliphatic heterocycles. The molecule has 0 radical (unpaired) electrons. The number of nitrogens with zero attached hydrogens (tertiary/aromatic N) is 2. The number of halogens is 2. The number of ether oxygens (including phenoxy) is 1. The van der Waals surface area contributed by atoms with E-state index in [1.165, 1.54) is 25.3 Å². The number of carbonyl (C=O) groups excluding carboxylic acids is 2. The zero-order valence-corrected chi connectivity index (χ0v) is 14.2. The van der Waals surface area contributed by atoms with Gasteiger partial charge in [-0.3, -0.25) is 4.79 Å². The molecule has 1 aliphatic rings. The molecule has 0 atom stereocenters. The molecule has 2 N–H and O–H groups in total. The van der Waals surface area contributed by atoms with E-state index in [2.05, 4.69) is 25.7 Å². The van der Waals surface area contributed by atoms with Crippen molar-refractivity contribution >= 4 is 39.3 Å². The summed E-state index contributed by atoms with van der Waals surface area (Å²) < 4.78 is 18.1. The van der Waals surface area contributed by atoms with Crippen LogP contribution in [0.1, 0.15) is 12.8 Å². The predicted molar refractivity (Wildman–Crippen MR) is 87.1 cm³/mol. The highest BCUT2D eigenvalue weighted by Crippen LogP contribution is 2.23. The number of Topliss-reactive ketones (excluding diaryl/α,β-unsaturated/α-hetero) is 1. The molecule has 124 valence electrons. The number of benzene rings is 1. The van der Waals surface area contributed by atoms with Gasteiger partial charge in [-0.15, -0.1) is 0 Å². The van der Waals surface area contributed by atoms with E-state index >= 15 is 0 Å². The second-order valence-electron chi connectivity index (χ2n) is 5.19. The number of rotatable bonds is 3. The average molecular weight is 386 g/mol. The number of likely N-dealkylation sites (tertiary alicyclic amines) is 1. The lowest BCUT2D eigenvalue weighted by Gasteiger charge is -2.29. The van der Waals surface area contributed by atoms with Crippen LogP contribution in [0.3, 0.4) is 0 Å². The molecule has 0 spiro atoms. The Morgan fingerprint density at radius 1 is 1.39 bits per heavy atom. The lowest BCUT2D eigenvalue weighted by Crippen LogP contribution is -2.42. The van der Waals surface area contributed by atoms with Crippen LogP contribution in [-0.2, 0) is 9.53 Å². The number of methoxy groups -OCH3 is 1. The van der Waals surface area contributed by atoms with Gasteiger partial charge in [0.25, 0.3) is 0 Å². The van der Waals surface area contributed by atoms with Crippen molar-refractivity contribution in [1.82, 2.24) is 4.90 Å². The number of hydrogen-bond donors (Lipinski definition) is 1. The number of hydrogen-bond acceptors (Lipinski definition) is 4. The summed E-state index contributed by atoms with van der Waals surface area (Å²) in [5.41, 5.74) is 6.17. The van der Waals surface area contributed by atoms with Crippen molar-refractivity contribution in [3.63, 3.8) is 0 Å². The highest BCUT2D eigenvalue weighted by atomic mass is 79.9. The van der Waals surface area contributed by atoms with Crippen molar-refractivity contribution in [2.45, 2.75) is 12.8 Å². The van der Waals surface area contributed by atoms with Crippen LogP contribution in [0.4, 0.5) is 14.9 Å². The Bertz CT molecular complexity index is 643. The van der Waals surface area contributed by atoms with Crippen LogP contribution in [0, 0.1) is 11.7 Å². The minimum Gasteiger partial charge on any atom is -0.453 e. The number of amides is 1. The molecule has 8 heteroatoms. The van der Waals surface area contributed by atoms with Crippen LogP contribution in [-0.4, -0.2) is 42.8 Å². The molecule has 0 aliphatic carbocycles. The number of carbonyl (C=O) groups is 2. The van der Waals surface area contributed by atoms with E-state index in [0.29, 0.717) is 31.6 Å². The van der Waals surface area contributed by atoms with Gasteiger partial charge in [-0.2, -0.15) is 0 Å². The average Bonchev–Trinajstić information content (AvgIpc) is 2.57. The summed E-state index contributed by atoms with van der Waals surface area (Å²) in [5.74, 6) is -1.05. The quantitative estimate of drug-likeness (QED) is 0.639. The third-order valence-corrected chi connectivity index (χ3v) is 4.31. The Morgan fingerprint density at radius 2 is 2.04 bits per heavy atom. The predicted octanol–water partition coefficient (Wildman–Crippen LogP) is 2.62. The van der Waals surface area contributed by atoms with E-state index in [0.717, 1.165) is 0 Å². The minimum atomic E-state index is -0.413. The summed E-state index contributed by atoms with van der Waals surface area (Å²) in [4.78, 5) is 29.3. The van der Waals surface area contributed by atoms with Crippen LogP contribution < -0.4 is 5.73 Å². The summed E-state index contributed by atoms with van der Waals surface area (Å²) >= 11 is 3.06. The maximum absolute atomic E-state index is 13.2. The molecule has 1 aromatic carbocycles. The Labute approximate surface area is 141 Å². The van der Waals surface area contributed by atoms with Crippen LogP contribution in [0.15, 0.2) is 27.7 Å². The minimum absolute atomic E-state index is 0.111. The topological polar surface area (TPSA) is 85.0 Å². The molecule has 1 aromatic rings. The van der Waals surface area contributed by atoms with Crippen molar-refractivity contribution in [3.8, 4) is 0 Å². The number of nitrogens with two attached hydrogens (primary N) is 1. The molecular formula is C15H17BrFN3O3. The second-order valence-corrected chi connectivity index (χ2v) is 6.05. The van der Waals surface area contributed by atoms with Gasteiger partial charge in [-0.25, -0.2) is 14.2 Å². The van der Waals surface area contributed by atoms with Gasteiger partial charge < -0.3 is 15.4 Å². The molecule has 23 heavy (non-hydrogen) atoms. The molecule has 2 rings (SSSR count). The summed E-state index contributed by atoms with van der Waals surface area (Å²) in [6.07, 6.45) is 0.628. The van der Waals surface area contributed by atoms with Crippen molar-refractivity contribution in [2.24, 2.45) is 16.6 Å². The van der Waals surface area contributed by atoms with E-state index in [4.69, 9.17) is 5.73 Å². The van der Waals surface area contributed by atoms with Gasteiger partial charge in [0.1, 0.15) is 5.82 Å². The summed E-state index contributed by atoms with van der Waals surface area (Å²) in [7, 11) is 1.32. The van der Waals surface area contributed by atoms with E-state index in [1.807, 2.05) is 0 Å². The maximum Gasteiger partial charge on any atom is 0.409 e. The van der Waals surface area contributed by atoms with Gasteiger partial charge in [0, 0.05) is 19.0 Å². The van der Waals surface area contributed by atoms with E-state index < -0.39 is 11.9 Å². The largest absolute Gasteiger partial charge is 0.453 e. The summed E-state index contributed by atoms with van der Waals surface area (Å²) in [6.45, 7) is 0.886. The second kappa shape index (κ2) is 7.54. The smallest absolute Gasteiger partial charge is 0.409 e. The van der Waals surface area contributed by atoms with Crippen molar-refractivity contribution in [2.75, 3.05) is 20.2 Å². The van der Waals surface area contributed by atoms with Crippen LogP contribution in [0.25, 0.3) is 0 Å². The first-order valence-electron chi connectivity index (χ1n) is 7.08. The highest BCUT2D eigenvalue weighted by molar-refractivity contribution is 9.10. The first-order chi connectivity index (χ1) is 10.9. The molecule has 0 unspecified atom stereocenters. The normalized spacial score (nSPS) is 16.3. The van der Waals surface area contributed by atoms with Crippen molar-refractivity contribution < 1.29 is 18.7 Å². The standard InChI is InChI=1S/C15H17BrFN3O3/c1-23-15(22)20-6-4-9(5-7-20)13(21)14(18)19-10-2-3-12(17)11(16)8-10/h2-3,8-9H,4-7H2,1H3,(H2,18,19). The number of aliphatic imine (C=N–C) groups is 1.